The number of methoxy groups -OCH3 is 1. The van der Waals surface area contributed by atoms with Crippen molar-refractivity contribution in [1.29, 1.82) is 0 Å². The van der Waals surface area contributed by atoms with Crippen LogP contribution in [0.2, 0.25) is 0 Å². The summed E-state index contributed by atoms with van der Waals surface area (Å²) in [7, 11) is 1.59. The number of hydrogen-bond acceptors (Lipinski definition) is 5. The molecule has 2 rings (SSSR count). The van der Waals surface area contributed by atoms with E-state index in [-0.39, 0.29) is 5.91 Å². The van der Waals surface area contributed by atoms with Crippen molar-refractivity contribution in [3.05, 3.63) is 36.6 Å². The fraction of sp³-hybridized carbons (Fsp3) is 0.286. The lowest BCUT2D eigenvalue weighted by Gasteiger charge is -2.16. The summed E-state index contributed by atoms with van der Waals surface area (Å²) in [5.74, 6) is 1.44. The van der Waals surface area contributed by atoms with Crippen molar-refractivity contribution < 1.29 is 18.8 Å². The van der Waals surface area contributed by atoms with Gasteiger partial charge in [-0.15, -0.1) is 0 Å². The van der Waals surface area contributed by atoms with Gasteiger partial charge in [0.05, 0.1) is 7.11 Å². The molecule has 0 unspecified atom stereocenters. The van der Waals surface area contributed by atoms with Crippen LogP contribution in [0.15, 0.2) is 41.1 Å². The van der Waals surface area contributed by atoms with Crippen LogP contribution >= 0.6 is 0 Å². The first kappa shape index (κ1) is 13.9. The van der Waals surface area contributed by atoms with Crippen LogP contribution < -0.4 is 14.8 Å². The molecule has 0 saturated heterocycles. The lowest BCUT2D eigenvalue weighted by Crippen LogP contribution is -2.32. The molecule has 0 aliphatic heterocycles. The minimum Gasteiger partial charge on any atom is -0.497 e. The van der Waals surface area contributed by atoms with Crippen LogP contribution in [0.4, 0.5) is 5.82 Å². The summed E-state index contributed by atoms with van der Waals surface area (Å²) in [6, 6.07) is 8.63. The van der Waals surface area contributed by atoms with E-state index in [2.05, 4.69) is 15.0 Å². The first-order valence-electron chi connectivity index (χ1n) is 6.25. The first-order valence-corrected chi connectivity index (χ1v) is 6.25. The van der Waals surface area contributed by atoms with Crippen LogP contribution in [-0.4, -0.2) is 24.3 Å². The van der Waals surface area contributed by atoms with Gasteiger partial charge < -0.3 is 19.3 Å². The maximum absolute atomic E-state index is 12.0. The molecule has 1 aromatic carbocycles. The molecule has 0 aliphatic carbocycles. The topological polar surface area (TPSA) is 73.6 Å². The highest BCUT2D eigenvalue weighted by Gasteiger charge is 2.19. The summed E-state index contributed by atoms with van der Waals surface area (Å²) in [6.07, 6.45) is 1.33. The second-order valence-electron chi connectivity index (χ2n) is 4.06. The third kappa shape index (κ3) is 3.50. The van der Waals surface area contributed by atoms with Gasteiger partial charge in [-0.25, -0.2) is 0 Å². The number of amides is 1. The Morgan fingerprint density at radius 2 is 2.00 bits per heavy atom. The molecule has 0 fully saturated rings. The molecular formula is C14H16N2O4. The van der Waals surface area contributed by atoms with Crippen LogP contribution in [0.3, 0.4) is 0 Å². The largest absolute Gasteiger partial charge is 0.497 e. The normalized spacial score (nSPS) is 11.7. The molecule has 0 aliphatic rings. The Morgan fingerprint density at radius 3 is 2.55 bits per heavy atom. The van der Waals surface area contributed by atoms with E-state index in [0.29, 0.717) is 18.0 Å². The summed E-state index contributed by atoms with van der Waals surface area (Å²) >= 11 is 0. The predicted molar refractivity (Wildman–Crippen MR) is 72.8 cm³/mol. The van der Waals surface area contributed by atoms with Crippen molar-refractivity contribution in [2.24, 2.45) is 0 Å². The van der Waals surface area contributed by atoms with Crippen molar-refractivity contribution in [3.8, 4) is 11.5 Å². The molecule has 106 valence electrons. The Hall–Kier alpha value is -2.50. The molecule has 0 saturated carbocycles. The van der Waals surface area contributed by atoms with Crippen molar-refractivity contribution in [1.82, 2.24) is 5.16 Å². The van der Waals surface area contributed by atoms with Crippen molar-refractivity contribution in [3.63, 3.8) is 0 Å². The molecule has 0 radical (unpaired) electrons. The van der Waals surface area contributed by atoms with Gasteiger partial charge in [-0.1, -0.05) is 12.1 Å². The van der Waals surface area contributed by atoms with Crippen LogP contribution in [0.1, 0.15) is 13.3 Å². The highest BCUT2D eigenvalue weighted by Crippen LogP contribution is 2.19. The average molecular weight is 276 g/mol. The highest BCUT2D eigenvalue weighted by molar-refractivity contribution is 5.93. The monoisotopic (exact) mass is 276 g/mol. The fourth-order valence-corrected chi connectivity index (χ4v) is 1.62. The van der Waals surface area contributed by atoms with E-state index in [9.17, 15) is 4.79 Å². The van der Waals surface area contributed by atoms with E-state index in [1.54, 1.807) is 37.4 Å². The van der Waals surface area contributed by atoms with Crippen LogP contribution in [0.25, 0.3) is 0 Å². The molecule has 1 aromatic heterocycles. The van der Waals surface area contributed by atoms with E-state index in [0.717, 1.165) is 5.75 Å². The van der Waals surface area contributed by atoms with Gasteiger partial charge in [0.25, 0.3) is 5.91 Å². The Kier molecular flexibility index (Phi) is 4.60. The van der Waals surface area contributed by atoms with Crippen molar-refractivity contribution in [2.75, 3.05) is 12.4 Å². The summed E-state index contributed by atoms with van der Waals surface area (Å²) < 4.78 is 15.4. The van der Waals surface area contributed by atoms with E-state index in [1.807, 2.05) is 6.92 Å². The Morgan fingerprint density at radius 1 is 1.30 bits per heavy atom. The van der Waals surface area contributed by atoms with Gasteiger partial charge in [0.15, 0.2) is 11.9 Å². The van der Waals surface area contributed by atoms with Crippen molar-refractivity contribution in [2.45, 2.75) is 19.4 Å². The fourth-order valence-electron chi connectivity index (χ4n) is 1.62. The second-order valence-corrected chi connectivity index (χ2v) is 4.06. The van der Waals surface area contributed by atoms with E-state index >= 15 is 0 Å². The summed E-state index contributed by atoms with van der Waals surface area (Å²) in [6.45, 7) is 1.87. The lowest BCUT2D eigenvalue weighted by atomic mass is 10.2. The molecular weight excluding hydrogens is 260 g/mol. The minimum atomic E-state index is -0.597. The number of carbonyl (C=O) groups is 1. The van der Waals surface area contributed by atoms with Crippen LogP contribution in [0, 0.1) is 0 Å². The zero-order chi connectivity index (χ0) is 14.4. The first-order chi connectivity index (χ1) is 9.72. The quantitative estimate of drug-likeness (QED) is 0.877. The predicted octanol–water partition coefficient (Wildman–Crippen LogP) is 2.48. The third-order valence-corrected chi connectivity index (χ3v) is 2.69. The van der Waals surface area contributed by atoms with Gasteiger partial charge in [-0.3, -0.25) is 4.79 Å². The molecule has 1 amide bonds. The number of nitrogens with one attached hydrogen (secondary N) is 1. The minimum absolute atomic E-state index is 0.266. The molecule has 6 nitrogen and oxygen atoms in total. The SMILES string of the molecule is CC[C@H](Oc1ccc(OC)cc1)C(=O)Nc1ccon1. The zero-order valence-corrected chi connectivity index (χ0v) is 11.3. The molecule has 0 spiro atoms. The zero-order valence-electron chi connectivity index (χ0n) is 11.3. The molecule has 6 heteroatoms. The van der Waals surface area contributed by atoms with Gasteiger partial charge >= 0.3 is 0 Å². The molecule has 1 N–H and O–H groups in total. The van der Waals surface area contributed by atoms with Crippen LogP contribution in [-0.2, 0) is 4.79 Å². The van der Waals surface area contributed by atoms with Gasteiger partial charge in [-0.05, 0) is 30.7 Å². The Labute approximate surface area is 116 Å². The molecule has 2 aromatic rings. The average Bonchev–Trinajstić information content (AvgIpc) is 2.98. The standard InChI is InChI=1S/C14H16N2O4/c1-3-12(14(17)15-13-8-9-19-16-13)20-11-6-4-10(18-2)5-7-11/h4-9,12H,3H2,1-2H3,(H,15,16,17)/t12-/m0/s1. The number of rotatable bonds is 6. The third-order valence-electron chi connectivity index (χ3n) is 2.69. The molecule has 1 atom stereocenters. The molecule has 20 heavy (non-hydrogen) atoms. The summed E-state index contributed by atoms with van der Waals surface area (Å²) in [5.41, 5.74) is 0. The second kappa shape index (κ2) is 6.60. The number of carbonyl (C=O) groups excluding carboxylic acids is 1. The summed E-state index contributed by atoms with van der Waals surface area (Å²) in [4.78, 5) is 12.0. The number of hydrogen-bond donors (Lipinski definition) is 1. The van der Waals surface area contributed by atoms with E-state index in [1.165, 1.54) is 6.26 Å². The van der Waals surface area contributed by atoms with E-state index < -0.39 is 6.10 Å². The number of benzene rings is 1. The highest BCUT2D eigenvalue weighted by atomic mass is 16.5. The van der Waals surface area contributed by atoms with Crippen molar-refractivity contribution >= 4 is 11.7 Å². The smallest absolute Gasteiger partial charge is 0.266 e. The van der Waals surface area contributed by atoms with Gasteiger partial charge in [-0.2, -0.15) is 0 Å². The number of ether oxygens (including phenoxy) is 2. The number of anilines is 1. The molecule has 1 heterocycles. The van der Waals surface area contributed by atoms with Crippen LogP contribution in [0.5, 0.6) is 11.5 Å². The Bertz CT molecular complexity index is 537. The van der Waals surface area contributed by atoms with Gasteiger partial charge in [0, 0.05) is 6.07 Å². The number of nitrogens with zero attached hydrogens (tertiary/aromatic N) is 1. The van der Waals surface area contributed by atoms with Gasteiger partial charge in [0.1, 0.15) is 17.8 Å². The van der Waals surface area contributed by atoms with E-state index in [4.69, 9.17) is 9.47 Å². The summed E-state index contributed by atoms with van der Waals surface area (Å²) in [5, 5.41) is 6.25. The maximum atomic E-state index is 12.0. The number of aromatic nitrogens is 1. The van der Waals surface area contributed by atoms with Gasteiger partial charge in [0.2, 0.25) is 0 Å². The lowest BCUT2D eigenvalue weighted by molar-refractivity contribution is -0.122. The molecule has 0 bridgehead atoms. The Balaban J connectivity index is 1.98. The maximum Gasteiger partial charge on any atom is 0.266 e.